The summed E-state index contributed by atoms with van der Waals surface area (Å²) in [7, 11) is 0. The van der Waals surface area contributed by atoms with E-state index in [2.05, 4.69) is 19.1 Å². The third-order valence-electron chi connectivity index (χ3n) is 2.82. The van der Waals surface area contributed by atoms with Crippen molar-refractivity contribution < 1.29 is 5.11 Å². The van der Waals surface area contributed by atoms with Crippen LogP contribution in [0.2, 0.25) is 0 Å². The van der Waals surface area contributed by atoms with Crippen molar-refractivity contribution in [2.45, 2.75) is 25.9 Å². The van der Waals surface area contributed by atoms with Crippen molar-refractivity contribution in [2.75, 3.05) is 0 Å². The van der Waals surface area contributed by atoms with Crippen LogP contribution in [0.1, 0.15) is 24.5 Å². The van der Waals surface area contributed by atoms with E-state index >= 15 is 0 Å². The summed E-state index contributed by atoms with van der Waals surface area (Å²) >= 11 is 0. The normalized spacial score (nSPS) is 25.1. The number of allylic oxidation sites excluding steroid dienone is 2. The maximum Gasteiger partial charge on any atom is 0.0908 e. The Kier molecular flexibility index (Phi) is 2.49. The Morgan fingerprint density at radius 3 is 2.80 bits per heavy atom. The van der Waals surface area contributed by atoms with E-state index in [1.807, 2.05) is 37.3 Å². The highest BCUT2D eigenvalue weighted by Gasteiger charge is 2.26. The van der Waals surface area contributed by atoms with Gasteiger partial charge in [0.1, 0.15) is 0 Å². The minimum atomic E-state index is -0.734. The molecular weight excluding hydrogens is 184 g/mol. The Balaban J connectivity index is 2.46. The van der Waals surface area contributed by atoms with Crippen molar-refractivity contribution in [3.63, 3.8) is 0 Å². The lowest BCUT2D eigenvalue weighted by molar-refractivity contribution is 0.125. The first-order chi connectivity index (χ1) is 7.09. The number of hydrogen-bond acceptors (Lipinski definition) is 1. The monoisotopic (exact) mass is 200 g/mol. The van der Waals surface area contributed by atoms with Crippen LogP contribution in [0.3, 0.4) is 0 Å². The van der Waals surface area contributed by atoms with Crippen LogP contribution in [0, 0.1) is 6.92 Å². The van der Waals surface area contributed by atoms with Crippen molar-refractivity contribution in [2.24, 2.45) is 0 Å². The van der Waals surface area contributed by atoms with Crippen LogP contribution in [0.25, 0.3) is 5.57 Å². The molecule has 0 saturated carbocycles. The molecule has 1 heteroatoms. The van der Waals surface area contributed by atoms with Gasteiger partial charge in [0.25, 0.3) is 0 Å². The molecule has 0 amide bonds. The standard InChI is InChI=1S/C14H16O/c1-11-6-5-7-12(10-11)13-8-3-4-9-14(13,2)15/h3-8,10,15H,9H2,1-2H3. The fraction of sp³-hybridized carbons (Fsp3) is 0.286. The predicted molar refractivity (Wildman–Crippen MR) is 63.5 cm³/mol. The molecule has 1 aliphatic rings. The van der Waals surface area contributed by atoms with E-state index in [-0.39, 0.29) is 0 Å². The first kappa shape index (κ1) is 10.2. The third-order valence-corrected chi connectivity index (χ3v) is 2.82. The molecule has 1 nitrogen and oxygen atoms in total. The van der Waals surface area contributed by atoms with Crippen LogP contribution in [0.4, 0.5) is 0 Å². The van der Waals surface area contributed by atoms with Gasteiger partial charge in [0.2, 0.25) is 0 Å². The third kappa shape index (κ3) is 2.02. The SMILES string of the molecule is Cc1cccc(C2=CC=CCC2(C)O)c1. The molecule has 0 heterocycles. The van der Waals surface area contributed by atoms with Crippen molar-refractivity contribution in [3.05, 3.63) is 53.6 Å². The van der Waals surface area contributed by atoms with E-state index in [4.69, 9.17) is 0 Å². The predicted octanol–water partition coefficient (Wildman–Crippen LogP) is 3.09. The summed E-state index contributed by atoms with van der Waals surface area (Å²) in [5.41, 5.74) is 2.61. The van der Waals surface area contributed by atoms with Gasteiger partial charge in [-0.1, -0.05) is 48.1 Å². The number of hydrogen-bond donors (Lipinski definition) is 1. The number of rotatable bonds is 1. The molecule has 1 N–H and O–H groups in total. The van der Waals surface area contributed by atoms with Gasteiger partial charge < -0.3 is 5.11 Å². The summed E-state index contributed by atoms with van der Waals surface area (Å²) in [6.07, 6.45) is 6.69. The van der Waals surface area contributed by atoms with Gasteiger partial charge in [-0.15, -0.1) is 0 Å². The van der Waals surface area contributed by atoms with Crippen LogP contribution in [-0.2, 0) is 0 Å². The number of benzene rings is 1. The molecule has 78 valence electrons. The van der Waals surface area contributed by atoms with Gasteiger partial charge in [-0.05, 0) is 31.4 Å². The first-order valence-electron chi connectivity index (χ1n) is 5.26. The lowest BCUT2D eigenvalue weighted by Crippen LogP contribution is -2.26. The van der Waals surface area contributed by atoms with Gasteiger partial charge in [-0.3, -0.25) is 0 Å². The average Bonchev–Trinajstić information content (AvgIpc) is 2.17. The minimum absolute atomic E-state index is 0.687. The second-order valence-electron chi connectivity index (χ2n) is 4.36. The van der Waals surface area contributed by atoms with E-state index < -0.39 is 5.60 Å². The molecule has 0 fully saturated rings. The Morgan fingerprint density at radius 2 is 2.13 bits per heavy atom. The van der Waals surface area contributed by atoms with Crippen LogP contribution in [0.15, 0.2) is 42.5 Å². The quantitative estimate of drug-likeness (QED) is 0.738. The lowest BCUT2D eigenvalue weighted by Gasteiger charge is -2.28. The molecule has 15 heavy (non-hydrogen) atoms. The highest BCUT2D eigenvalue weighted by Crippen LogP contribution is 2.33. The van der Waals surface area contributed by atoms with Crippen molar-refractivity contribution in [1.29, 1.82) is 0 Å². The van der Waals surface area contributed by atoms with Gasteiger partial charge in [0.15, 0.2) is 0 Å². The van der Waals surface area contributed by atoms with Gasteiger partial charge >= 0.3 is 0 Å². The summed E-state index contributed by atoms with van der Waals surface area (Å²) in [4.78, 5) is 0. The topological polar surface area (TPSA) is 20.2 Å². The Labute approximate surface area is 90.8 Å². The highest BCUT2D eigenvalue weighted by molar-refractivity contribution is 5.74. The first-order valence-corrected chi connectivity index (χ1v) is 5.26. The molecule has 2 rings (SSSR count). The van der Waals surface area contributed by atoms with E-state index in [9.17, 15) is 5.11 Å². The molecule has 0 radical (unpaired) electrons. The summed E-state index contributed by atoms with van der Waals surface area (Å²) < 4.78 is 0. The molecule has 1 aromatic rings. The molecule has 0 aromatic heterocycles. The molecule has 0 bridgehead atoms. The second kappa shape index (κ2) is 3.67. The van der Waals surface area contributed by atoms with E-state index in [0.717, 1.165) is 11.1 Å². The van der Waals surface area contributed by atoms with Crippen molar-refractivity contribution >= 4 is 5.57 Å². The summed E-state index contributed by atoms with van der Waals surface area (Å²) in [5, 5.41) is 10.3. The summed E-state index contributed by atoms with van der Waals surface area (Å²) in [6, 6.07) is 8.25. The van der Waals surface area contributed by atoms with E-state index in [1.54, 1.807) is 0 Å². The van der Waals surface area contributed by atoms with E-state index in [1.165, 1.54) is 5.56 Å². The average molecular weight is 200 g/mol. The molecule has 1 unspecified atom stereocenters. The van der Waals surface area contributed by atoms with Gasteiger partial charge in [-0.25, -0.2) is 0 Å². The maximum atomic E-state index is 10.3. The summed E-state index contributed by atoms with van der Waals surface area (Å²) in [6.45, 7) is 3.93. The van der Waals surface area contributed by atoms with Crippen LogP contribution in [0.5, 0.6) is 0 Å². The molecule has 0 spiro atoms. The molecule has 0 saturated heterocycles. The molecular formula is C14H16O. The van der Waals surface area contributed by atoms with Gasteiger partial charge in [-0.2, -0.15) is 0 Å². The van der Waals surface area contributed by atoms with Crippen LogP contribution in [-0.4, -0.2) is 10.7 Å². The Morgan fingerprint density at radius 1 is 1.33 bits per heavy atom. The zero-order chi connectivity index (χ0) is 10.9. The van der Waals surface area contributed by atoms with Crippen LogP contribution >= 0.6 is 0 Å². The molecule has 1 atom stereocenters. The molecule has 1 aromatic carbocycles. The van der Waals surface area contributed by atoms with Crippen molar-refractivity contribution in [1.82, 2.24) is 0 Å². The largest absolute Gasteiger partial charge is 0.385 e. The molecule has 0 aliphatic heterocycles. The van der Waals surface area contributed by atoms with Gasteiger partial charge in [0, 0.05) is 0 Å². The molecule has 1 aliphatic carbocycles. The smallest absolute Gasteiger partial charge is 0.0908 e. The second-order valence-corrected chi connectivity index (χ2v) is 4.36. The summed E-state index contributed by atoms with van der Waals surface area (Å²) in [5.74, 6) is 0. The minimum Gasteiger partial charge on any atom is -0.385 e. The highest BCUT2D eigenvalue weighted by atomic mass is 16.3. The van der Waals surface area contributed by atoms with Gasteiger partial charge in [0.05, 0.1) is 5.60 Å². The fourth-order valence-electron chi connectivity index (χ4n) is 1.97. The Bertz CT molecular complexity index is 425. The maximum absolute atomic E-state index is 10.3. The zero-order valence-corrected chi connectivity index (χ0v) is 9.20. The van der Waals surface area contributed by atoms with Crippen molar-refractivity contribution in [3.8, 4) is 0 Å². The Hall–Kier alpha value is -1.34. The fourth-order valence-corrected chi connectivity index (χ4v) is 1.97. The lowest BCUT2D eigenvalue weighted by atomic mass is 9.84. The number of aliphatic hydroxyl groups is 1. The van der Waals surface area contributed by atoms with E-state index in [0.29, 0.717) is 6.42 Å². The van der Waals surface area contributed by atoms with Crippen LogP contribution < -0.4 is 0 Å². The zero-order valence-electron chi connectivity index (χ0n) is 9.20. The number of aryl methyl sites for hydroxylation is 1.